The molecule has 4 nitrogen and oxygen atoms in total. The van der Waals surface area contributed by atoms with Crippen molar-refractivity contribution >= 4 is 11.8 Å². The monoisotopic (exact) mass is 228 g/mol. The van der Waals surface area contributed by atoms with Crippen molar-refractivity contribution in [3.8, 4) is 0 Å². The molecule has 0 bridgehead atoms. The van der Waals surface area contributed by atoms with Gasteiger partial charge < -0.3 is 9.47 Å². The first kappa shape index (κ1) is 13.2. The molecule has 0 radical (unpaired) electrons. The van der Waals surface area contributed by atoms with E-state index in [2.05, 4.69) is 0 Å². The highest BCUT2D eigenvalue weighted by molar-refractivity contribution is 6.04. The number of ketones is 1. The van der Waals surface area contributed by atoms with E-state index >= 15 is 0 Å². The number of ether oxygens (including phenoxy) is 2. The molecule has 0 aliphatic carbocycles. The van der Waals surface area contributed by atoms with Crippen molar-refractivity contribution in [1.29, 1.82) is 0 Å². The summed E-state index contributed by atoms with van der Waals surface area (Å²) < 4.78 is 10.3. The number of rotatable bonds is 4. The number of Topliss-reactive ketones (excluding diaryl/α,β-unsaturated/α-hetero) is 1. The van der Waals surface area contributed by atoms with Gasteiger partial charge in [-0.05, 0) is 19.3 Å². The summed E-state index contributed by atoms with van der Waals surface area (Å²) in [6.45, 7) is 6.60. The normalized spacial score (nSPS) is 25.9. The van der Waals surface area contributed by atoms with Crippen LogP contribution in [0.25, 0.3) is 0 Å². The van der Waals surface area contributed by atoms with Crippen LogP contribution in [-0.2, 0) is 19.1 Å². The van der Waals surface area contributed by atoms with Gasteiger partial charge in [-0.2, -0.15) is 0 Å². The molecule has 1 unspecified atom stereocenters. The van der Waals surface area contributed by atoms with Crippen molar-refractivity contribution in [2.75, 3.05) is 19.8 Å². The Morgan fingerprint density at radius 1 is 1.56 bits per heavy atom. The van der Waals surface area contributed by atoms with Crippen molar-refractivity contribution < 1.29 is 19.1 Å². The van der Waals surface area contributed by atoms with Crippen molar-refractivity contribution in [3.05, 3.63) is 0 Å². The SMILES string of the molecule is CCOC(=O)C1(CC(C)C)COCCC1=O. The van der Waals surface area contributed by atoms with Crippen LogP contribution in [0.5, 0.6) is 0 Å². The van der Waals surface area contributed by atoms with Gasteiger partial charge in [-0.25, -0.2) is 0 Å². The van der Waals surface area contributed by atoms with E-state index in [1.54, 1.807) is 6.92 Å². The van der Waals surface area contributed by atoms with Crippen molar-refractivity contribution in [3.63, 3.8) is 0 Å². The molecule has 16 heavy (non-hydrogen) atoms. The van der Waals surface area contributed by atoms with Gasteiger partial charge in [0.05, 0.1) is 19.8 Å². The zero-order chi connectivity index (χ0) is 12.2. The van der Waals surface area contributed by atoms with Gasteiger partial charge in [0.15, 0.2) is 5.78 Å². The molecule has 0 spiro atoms. The standard InChI is InChI=1S/C12H20O4/c1-4-16-11(14)12(7-9(2)3)8-15-6-5-10(12)13/h9H,4-8H2,1-3H3. The molecule has 1 heterocycles. The number of esters is 1. The van der Waals surface area contributed by atoms with Gasteiger partial charge in [-0.15, -0.1) is 0 Å². The minimum Gasteiger partial charge on any atom is -0.465 e. The minimum atomic E-state index is -1.05. The zero-order valence-electron chi connectivity index (χ0n) is 10.2. The molecule has 0 aromatic rings. The maximum atomic E-state index is 12.0. The summed E-state index contributed by atoms with van der Waals surface area (Å²) >= 11 is 0. The molecule has 0 aromatic carbocycles. The molecular weight excluding hydrogens is 208 g/mol. The Bertz CT molecular complexity index is 272. The van der Waals surface area contributed by atoms with Gasteiger partial charge in [-0.3, -0.25) is 9.59 Å². The Kier molecular flexibility index (Phi) is 4.47. The van der Waals surface area contributed by atoms with Crippen LogP contribution in [0.3, 0.4) is 0 Å². The average molecular weight is 228 g/mol. The molecule has 1 rings (SSSR count). The van der Waals surface area contributed by atoms with Crippen molar-refractivity contribution in [2.24, 2.45) is 11.3 Å². The number of carbonyl (C=O) groups excluding carboxylic acids is 2. The van der Waals surface area contributed by atoms with Crippen LogP contribution in [0.4, 0.5) is 0 Å². The van der Waals surface area contributed by atoms with E-state index in [0.29, 0.717) is 26.1 Å². The van der Waals surface area contributed by atoms with Crippen LogP contribution < -0.4 is 0 Å². The van der Waals surface area contributed by atoms with E-state index in [0.717, 1.165) is 0 Å². The Morgan fingerprint density at radius 3 is 2.75 bits per heavy atom. The lowest BCUT2D eigenvalue weighted by atomic mass is 9.75. The summed E-state index contributed by atoms with van der Waals surface area (Å²) in [5.41, 5.74) is -1.05. The first-order valence-electron chi connectivity index (χ1n) is 5.81. The first-order valence-corrected chi connectivity index (χ1v) is 5.81. The van der Waals surface area contributed by atoms with Crippen LogP contribution in [0.2, 0.25) is 0 Å². The summed E-state index contributed by atoms with van der Waals surface area (Å²) in [6, 6.07) is 0. The van der Waals surface area contributed by atoms with Crippen LogP contribution in [0.1, 0.15) is 33.6 Å². The van der Waals surface area contributed by atoms with E-state index < -0.39 is 11.4 Å². The fourth-order valence-electron chi connectivity index (χ4n) is 2.13. The van der Waals surface area contributed by atoms with Gasteiger partial charge in [0.2, 0.25) is 0 Å². The molecule has 1 atom stereocenters. The van der Waals surface area contributed by atoms with Crippen LogP contribution in [0, 0.1) is 11.3 Å². The van der Waals surface area contributed by atoms with E-state index in [4.69, 9.17) is 9.47 Å². The van der Waals surface area contributed by atoms with Crippen LogP contribution in [0.15, 0.2) is 0 Å². The summed E-state index contributed by atoms with van der Waals surface area (Å²) in [5.74, 6) is -0.200. The Balaban J connectivity index is 2.90. The minimum absolute atomic E-state index is 0.0362. The third-order valence-corrected chi connectivity index (χ3v) is 2.78. The summed E-state index contributed by atoms with van der Waals surface area (Å²) in [5, 5.41) is 0. The van der Waals surface area contributed by atoms with Crippen molar-refractivity contribution in [2.45, 2.75) is 33.6 Å². The molecule has 92 valence electrons. The third kappa shape index (κ3) is 2.61. The lowest BCUT2D eigenvalue weighted by Gasteiger charge is -2.34. The Hall–Kier alpha value is -0.900. The first-order chi connectivity index (χ1) is 7.53. The van der Waals surface area contributed by atoms with Crippen molar-refractivity contribution in [1.82, 2.24) is 0 Å². The van der Waals surface area contributed by atoms with Gasteiger partial charge in [0.1, 0.15) is 5.41 Å². The van der Waals surface area contributed by atoms with E-state index in [9.17, 15) is 9.59 Å². The second-order valence-corrected chi connectivity index (χ2v) is 4.63. The molecule has 0 saturated carbocycles. The molecule has 1 aliphatic rings. The van der Waals surface area contributed by atoms with Crippen LogP contribution >= 0.6 is 0 Å². The summed E-state index contributed by atoms with van der Waals surface area (Å²) in [7, 11) is 0. The summed E-state index contributed by atoms with van der Waals surface area (Å²) in [6.07, 6.45) is 0.816. The highest BCUT2D eigenvalue weighted by Crippen LogP contribution is 2.33. The lowest BCUT2D eigenvalue weighted by Crippen LogP contribution is -2.48. The fourth-order valence-corrected chi connectivity index (χ4v) is 2.13. The smallest absolute Gasteiger partial charge is 0.322 e. The van der Waals surface area contributed by atoms with Gasteiger partial charge >= 0.3 is 5.97 Å². The number of hydrogen-bond donors (Lipinski definition) is 0. The average Bonchev–Trinajstić information content (AvgIpc) is 2.21. The maximum absolute atomic E-state index is 12.0. The van der Waals surface area contributed by atoms with Gasteiger partial charge in [-0.1, -0.05) is 13.8 Å². The second-order valence-electron chi connectivity index (χ2n) is 4.63. The zero-order valence-corrected chi connectivity index (χ0v) is 10.2. The van der Waals surface area contributed by atoms with E-state index in [-0.39, 0.29) is 18.3 Å². The highest BCUT2D eigenvalue weighted by Gasteiger charge is 2.49. The van der Waals surface area contributed by atoms with E-state index in [1.807, 2.05) is 13.8 Å². The Labute approximate surface area is 96.3 Å². The number of carbonyl (C=O) groups is 2. The Morgan fingerprint density at radius 2 is 2.25 bits per heavy atom. The fraction of sp³-hybridized carbons (Fsp3) is 0.833. The topological polar surface area (TPSA) is 52.6 Å². The van der Waals surface area contributed by atoms with E-state index in [1.165, 1.54) is 0 Å². The maximum Gasteiger partial charge on any atom is 0.322 e. The molecule has 0 amide bonds. The van der Waals surface area contributed by atoms with Gasteiger partial charge in [0, 0.05) is 6.42 Å². The van der Waals surface area contributed by atoms with Crippen LogP contribution in [-0.4, -0.2) is 31.6 Å². The number of hydrogen-bond acceptors (Lipinski definition) is 4. The second kappa shape index (κ2) is 5.43. The molecule has 0 aromatic heterocycles. The molecule has 0 N–H and O–H groups in total. The highest BCUT2D eigenvalue weighted by atomic mass is 16.5. The molecule has 1 fully saturated rings. The quantitative estimate of drug-likeness (QED) is 0.541. The summed E-state index contributed by atoms with van der Waals surface area (Å²) in [4.78, 5) is 23.9. The predicted octanol–water partition coefficient (Wildman–Crippen LogP) is 1.57. The third-order valence-electron chi connectivity index (χ3n) is 2.78. The largest absolute Gasteiger partial charge is 0.465 e. The molecular formula is C12H20O4. The predicted molar refractivity (Wildman–Crippen MR) is 59.0 cm³/mol. The lowest BCUT2D eigenvalue weighted by molar-refractivity contribution is -0.170. The molecule has 4 heteroatoms. The van der Waals surface area contributed by atoms with Gasteiger partial charge in [0.25, 0.3) is 0 Å². The molecule has 1 aliphatic heterocycles. The molecule has 1 saturated heterocycles.